The zero-order chi connectivity index (χ0) is 18.7. The molecule has 1 heterocycles. The van der Waals surface area contributed by atoms with Gasteiger partial charge >= 0.3 is 0 Å². The van der Waals surface area contributed by atoms with Crippen molar-refractivity contribution in [2.75, 3.05) is 26.2 Å². The lowest BCUT2D eigenvalue weighted by molar-refractivity contribution is -0.917. The molecule has 2 aromatic rings. The summed E-state index contributed by atoms with van der Waals surface area (Å²) in [5.74, 6) is -0.303. The van der Waals surface area contributed by atoms with Gasteiger partial charge in [-0.25, -0.2) is 0 Å². The number of quaternary nitrogens is 1. The Morgan fingerprint density at radius 2 is 1.96 bits per heavy atom. The number of nitrogens with zero attached hydrogens (tertiary/aromatic N) is 2. The van der Waals surface area contributed by atoms with E-state index in [0.29, 0.717) is 13.1 Å². The van der Waals surface area contributed by atoms with Gasteiger partial charge in [0.1, 0.15) is 12.1 Å². The molecule has 0 spiro atoms. The van der Waals surface area contributed by atoms with Crippen LogP contribution in [0.1, 0.15) is 21.5 Å². The number of aryl methyl sites for hydroxylation is 1. The zero-order valence-electron chi connectivity index (χ0n) is 14.6. The Kier molecular flexibility index (Phi) is 5.54. The first-order valence-electron chi connectivity index (χ1n) is 8.56. The summed E-state index contributed by atoms with van der Waals surface area (Å²) in [4.78, 5) is 26.5. The topological polar surface area (TPSA) is 67.9 Å². The highest BCUT2D eigenvalue weighted by Gasteiger charge is 2.29. The fourth-order valence-corrected chi connectivity index (χ4v) is 3.49. The number of benzene rings is 2. The van der Waals surface area contributed by atoms with Gasteiger partial charge in [-0.3, -0.25) is 14.9 Å². The Bertz CT molecular complexity index is 833. The van der Waals surface area contributed by atoms with Gasteiger partial charge in [-0.2, -0.15) is 0 Å². The minimum absolute atomic E-state index is 0.0986. The van der Waals surface area contributed by atoms with Gasteiger partial charge in [0, 0.05) is 16.7 Å². The van der Waals surface area contributed by atoms with Gasteiger partial charge in [-0.05, 0) is 19.1 Å². The molecule has 1 aliphatic heterocycles. The molecule has 1 fully saturated rings. The van der Waals surface area contributed by atoms with Crippen LogP contribution in [0.5, 0.6) is 0 Å². The number of amides is 1. The Labute approximate surface area is 157 Å². The average Bonchev–Trinajstić information content (AvgIpc) is 2.62. The maximum Gasteiger partial charge on any atom is 0.283 e. The Morgan fingerprint density at radius 3 is 2.62 bits per heavy atom. The van der Waals surface area contributed by atoms with Crippen molar-refractivity contribution >= 4 is 23.2 Å². The van der Waals surface area contributed by atoms with E-state index in [2.05, 4.69) is 31.2 Å². The number of carbonyl (C=O) groups is 1. The summed E-state index contributed by atoms with van der Waals surface area (Å²) in [6.45, 7) is 5.81. The highest BCUT2D eigenvalue weighted by molar-refractivity contribution is 6.31. The minimum atomic E-state index is -0.557. The molecule has 0 saturated carbocycles. The third kappa shape index (κ3) is 4.20. The average molecular weight is 375 g/mol. The van der Waals surface area contributed by atoms with E-state index in [-0.39, 0.29) is 22.2 Å². The van der Waals surface area contributed by atoms with E-state index in [1.807, 2.05) is 0 Å². The zero-order valence-corrected chi connectivity index (χ0v) is 15.3. The van der Waals surface area contributed by atoms with Gasteiger partial charge in [-0.1, -0.05) is 41.4 Å². The molecule has 0 aromatic heterocycles. The summed E-state index contributed by atoms with van der Waals surface area (Å²) in [6, 6.07) is 12.6. The fourth-order valence-electron chi connectivity index (χ4n) is 3.32. The number of hydrogen-bond acceptors (Lipinski definition) is 3. The van der Waals surface area contributed by atoms with E-state index in [1.54, 1.807) is 4.90 Å². The van der Waals surface area contributed by atoms with E-state index in [0.717, 1.165) is 19.6 Å². The second-order valence-electron chi connectivity index (χ2n) is 6.63. The molecule has 0 radical (unpaired) electrons. The second kappa shape index (κ2) is 7.85. The van der Waals surface area contributed by atoms with Crippen LogP contribution < -0.4 is 4.90 Å². The summed E-state index contributed by atoms with van der Waals surface area (Å²) in [5.41, 5.74) is 2.39. The first-order chi connectivity index (χ1) is 12.4. The van der Waals surface area contributed by atoms with Crippen molar-refractivity contribution in [1.82, 2.24) is 4.90 Å². The van der Waals surface area contributed by atoms with Gasteiger partial charge in [0.2, 0.25) is 0 Å². The van der Waals surface area contributed by atoms with Gasteiger partial charge in [-0.15, -0.1) is 0 Å². The van der Waals surface area contributed by atoms with Crippen LogP contribution >= 0.6 is 11.6 Å². The second-order valence-corrected chi connectivity index (χ2v) is 7.06. The van der Waals surface area contributed by atoms with Crippen LogP contribution in [0.4, 0.5) is 5.69 Å². The number of hydrogen-bond donors (Lipinski definition) is 1. The Hall–Kier alpha value is -2.44. The number of halogens is 1. The van der Waals surface area contributed by atoms with Crippen LogP contribution in [0.25, 0.3) is 0 Å². The largest absolute Gasteiger partial charge is 0.328 e. The van der Waals surface area contributed by atoms with Crippen LogP contribution in [0.15, 0.2) is 42.5 Å². The third-order valence-corrected chi connectivity index (χ3v) is 4.92. The van der Waals surface area contributed by atoms with Crippen molar-refractivity contribution in [2.45, 2.75) is 13.5 Å². The molecule has 26 heavy (non-hydrogen) atoms. The third-order valence-electron chi connectivity index (χ3n) is 4.68. The maximum atomic E-state index is 12.7. The molecule has 0 atom stereocenters. The van der Waals surface area contributed by atoms with E-state index in [1.165, 1.54) is 34.2 Å². The van der Waals surface area contributed by atoms with Crippen molar-refractivity contribution in [3.8, 4) is 0 Å². The summed E-state index contributed by atoms with van der Waals surface area (Å²) >= 11 is 5.83. The lowest BCUT2D eigenvalue weighted by atomic mass is 10.1. The summed E-state index contributed by atoms with van der Waals surface area (Å²) < 4.78 is 0. The Morgan fingerprint density at radius 1 is 1.23 bits per heavy atom. The molecule has 136 valence electrons. The Balaban J connectivity index is 1.65. The highest BCUT2D eigenvalue weighted by Crippen LogP contribution is 2.24. The van der Waals surface area contributed by atoms with Crippen LogP contribution in [0.3, 0.4) is 0 Å². The molecular formula is C19H21ClN3O3+. The van der Waals surface area contributed by atoms with Crippen molar-refractivity contribution in [2.24, 2.45) is 0 Å². The molecule has 3 rings (SSSR count). The lowest BCUT2D eigenvalue weighted by Gasteiger charge is -2.32. The minimum Gasteiger partial charge on any atom is -0.328 e. The van der Waals surface area contributed by atoms with Crippen molar-refractivity contribution in [1.29, 1.82) is 0 Å². The number of nitro benzene ring substituents is 1. The SMILES string of the molecule is Cc1cccc(C[NH+]2CCN(C(=O)c3ccc(Cl)cc3[N+](=O)[O-])CC2)c1. The number of nitro groups is 1. The number of rotatable bonds is 4. The van der Waals surface area contributed by atoms with E-state index in [9.17, 15) is 14.9 Å². The lowest BCUT2D eigenvalue weighted by Crippen LogP contribution is -3.13. The summed E-state index contributed by atoms with van der Waals surface area (Å²) in [5, 5.41) is 11.5. The predicted octanol–water partition coefficient (Wildman–Crippen LogP) is 2.10. The molecular weight excluding hydrogens is 354 g/mol. The molecule has 0 bridgehead atoms. The molecule has 6 nitrogen and oxygen atoms in total. The molecule has 1 aliphatic rings. The smallest absolute Gasteiger partial charge is 0.283 e. The molecule has 1 saturated heterocycles. The van der Waals surface area contributed by atoms with Gasteiger partial charge in [0.05, 0.1) is 31.1 Å². The van der Waals surface area contributed by atoms with Crippen LogP contribution in [0.2, 0.25) is 5.02 Å². The van der Waals surface area contributed by atoms with Crippen molar-refractivity contribution < 1.29 is 14.6 Å². The van der Waals surface area contributed by atoms with Gasteiger partial charge < -0.3 is 9.80 Å². The number of nitrogens with one attached hydrogen (secondary N) is 1. The monoisotopic (exact) mass is 374 g/mol. The number of carbonyl (C=O) groups excluding carboxylic acids is 1. The van der Waals surface area contributed by atoms with E-state index in [4.69, 9.17) is 11.6 Å². The van der Waals surface area contributed by atoms with Crippen LogP contribution in [-0.4, -0.2) is 41.9 Å². The highest BCUT2D eigenvalue weighted by atomic mass is 35.5. The maximum absolute atomic E-state index is 12.7. The quantitative estimate of drug-likeness (QED) is 0.658. The molecule has 1 N–H and O–H groups in total. The molecule has 0 unspecified atom stereocenters. The first-order valence-corrected chi connectivity index (χ1v) is 8.94. The molecule has 7 heteroatoms. The fraction of sp³-hybridized carbons (Fsp3) is 0.316. The van der Waals surface area contributed by atoms with Gasteiger partial charge in [0.15, 0.2) is 0 Å². The standard InChI is InChI=1S/C19H20ClN3O3/c1-14-3-2-4-15(11-14)13-21-7-9-22(10-8-21)19(24)17-6-5-16(20)12-18(17)23(25)26/h2-6,11-12H,7-10,13H2,1H3/p+1. The van der Waals surface area contributed by atoms with Crippen molar-refractivity contribution in [3.05, 3.63) is 74.3 Å². The predicted molar refractivity (Wildman–Crippen MR) is 99.6 cm³/mol. The summed E-state index contributed by atoms with van der Waals surface area (Å²) in [7, 11) is 0. The van der Waals surface area contributed by atoms with Crippen molar-refractivity contribution in [3.63, 3.8) is 0 Å². The van der Waals surface area contributed by atoms with Crippen LogP contribution in [-0.2, 0) is 6.54 Å². The van der Waals surface area contributed by atoms with E-state index < -0.39 is 4.92 Å². The summed E-state index contributed by atoms with van der Waals surface area (Å²) in [6.07, 6.45) is 0. The van der Waals surface area contributed by atoms with Crippen LogP contribution in [0, 0.1) is 17.0 Å². The first kappa shape index (κ1) is 18.4. The van der Waals surface area contributed by atoms with Gasteiger partial charge in [0.25, 0.3) is 11.6 Å². The normalized spacial score (nSPS) is 15.1. The number of piperazine rings is 1. The molecule has 2 aromatic carbocycles. The van der Waals surface area contributed by atoms with E-state index >= 15 is 0 Å². The molecule has 0 aliphatic carbocycles. The molecule has 1 amide bonds.